The van der Waals surface area contributed by atoms with Gasteiger partial charge >= 0.3 is 5.97 Å². The highest BCUT2D eigenvalue weighted by molar-refractivity contribution is 5.95. The summed E-state index contributed by atoms with van der Waals surface area (Å²) >= 11 is 0. The fourth-order valence-corrected chi connectivity index (χ4v) is 2.53. The predicted molar refractivity (Wildman–Crippen MR) is 74.2 cm³/mol. The van der Waals surface area contributed by atoms with Crippen molar-refractivity contribution in [2.24, 2.45) is 5.92 Å². The van der Waals surface area contributed by atoms with Crippen LogP contribution in [0.15, 0.2) is 12.1 Å². The second kappa shape index (κ2) is 6.59. The zero-order chi connectivity index (χ0) is 14.5. The van der Waals surface area contributed by atoms with E-state index in [-0.39, 0.29) is 17.0 Å². The maximum atomic E-state index is 13.8. The van der Waals surface area contributed by atoms with Crippen LogP contribution in [-0.2, 0) is 4.74 Å². The van der Waals surface area contributed by atoms with Crippen LogP contribution < -0.4 is 10.5 Å². The van der Waals surface area contributed by atoms with E-state index in [0.717, 1.165) is 18.9 Å². The zero-order valence-corrected chi connectivity index (χ0v) is 11.7. The molecule has 1 saturated carbocycles. The van der Waals surface area contributed by atoms with Crippen molar-refractivity contribution in [2.75, 3.05) is 19.5 Å². The van der Waals surface area contributed by atoms with Crippen molar-refractivity contribution in [2.45, 2.75) is 32.1 Å². The number of nitrogens with two attached hydrogens (primary N) is 1. The van der Waals surface area contributed by atoms with E-state index in [4.69, 9.17) is 10.5 Å². The van der Waals surface area contributed by atoms with Gasteiger partial charge in [0.05, 0.1) is 19.3 Å². The van der Waals surface area contributed by atoms with Crippen LogP contribution in [0.1, 0.15) is 42.5 Å². The molecule has 0 amide bonds. The number of ether oxygens (including phenoxy) is 2. The number of methoxy groups -OCH3 is 1. The second-order valence-electron chi connectivity index (χ2n) is 5.18. The molecule has 4 nitrogen and oxygen atoms in total. The van der Waals surface area contributed by atoms with E-state index >= 15 is 0 Å². The third-order valence-corrected chi connectivity index (χ3v) is 3.71. The van der Waals surface area contributed by atoms with Gasteiger partial charge in [-0.2, -0.15) is 0 Å². The van der Waals surface area contributed by atoms with Crippen LogP contribution in [0.2, 0.25) is 0 Å². The first-order chi connectivity index (χ1) is 9.61. The Hall–Kier alpha value is -1.78. The van der Waals surface area contributed by atoms with Crippen molar-refractivity contribution in [3.8, 4) is 5.75 Å². The Labute approximate surface area is 118 Å². The summed E-state index contributed by atoms with van der Waals surface area (Å²) in [6.07, 6.45) is 5.89. The van der Waals surface area contributed by atoms with Gasteiger partial charge in [0, 0.05) is 11.8 Å². The van der Waals surface area contributed by atoms with Gasteiger partial charge in [0.15, 0.2) is 11.6 Å². The normalized spacial score (nSPS) is 15.9. The monoisotopic (exact) mass is 281 g/mol. The highest BCUT2D eigenvalue weighted by Gasteiger charge is 2.18. The predicted octanol–water partition coefficient (Wildman–Crippen LogP) is 3.15. The first-order valence-corrected chi connectivity index (χ1v) is 6.92. The molecule has 0 unspecified atom stereocenters. The molecule has 1 aromatic carbocycles. The average molecular weight is 281 g/mol. The Morgan fingerprint density at radius 1 is 1.35 bits per heavy atom. The van der Waals surface area contributed by atoms with Gasteiger partial charge in [0.2, 0.25) is 0 Å². The third-order valence-electron chi connectivity index (χ3n) is 3.71. The molecule has 0 aliphatic heterocycles. The Bertz CT molecular complexity index is 484. The average Bonchev–Trinajstić information content (AvgIpc) is 2.46. The standard InChI is InChI=1S/C15H20FNO3/c1-19-15(18)11-7-14(12(16)8-13(11)17)20-9-10-5-3-2-4-6-10/h7-8,10H,2-6,9,17H2,1H3. The van der Waals surface area contributed by atoms with Crippen LogP contribution in [0, 0.1) is 11.7 Å². The minimum absolute atomic E-state index is 0.0550. The van der Waals surface area contributed by atoms with Crippen molar-refractivity contribution < 1.29 is 18.7 Å². The number of carbonyl (C=O) groups is 1. The molecule has 1 fully saturated rings. The number of rotatable bonds is 4. The first-order valence-electron chi connectivity index (χ1n) is 6.92. The highest BCUT2D eigenvalue weighted by Crippen LogP contribution is 2.28. The molecule has 2 rings (SSSR count). The molecular formula is C15H20FNO3. The molecule has 0 atom stereocenters. The summed E-state index contributed by atoms with van der Waals surface area (Å²) in [6.45, 7) is 0.474. The molecule has 0 bridgehead atoms. The van der Waals surface area contributed by atoms with Gasteiger partial charge in [-0.15, -0.1) is 0 Å². The Kier molecular flexibility index (Phi) is 4.82. The zero-order valence-electron chi connectivity index (χ0n) is 11.7. The first kappa shape index (κ1) is 14.6. The van der Waals surface area contributed by atoms with Crippen LogP contribution in [0.25, 0.3) is 0 Å². The van der Waals surface area contributed by atoms with Crippen LogP contribution >= 0.6 is 0 Å². The fraction of sp³-hybridized carbons (Fsp3) is 0.533. The number of hydrogen-bond donors (Lipinski definition) is 1. The molecule has 1 aliphatic rings. The maximum absolute atomic E-state index is 13.8. The van der Waals surface area contributed by atoms with Gasteiger partial charge in [0.1, 0.15) is 0 Å². The molecule has 2 N–H and O–H groups in total. The minimum atomic E-state index is -0.593. The van der Waals surface area contributed by atoms with E-state index < -0.39 is 11.8 Å². The Balaban J connectivity index is 2.08. The lowest BCUT2D eigenvalue weighted by Crippen LogP contribution is -2.16. The smallest absolute Gasteiger partial charge is 0.340 e. The molecule has 0 radical (unpaired) electrons. The molecule has 20 heavy (non-hydrogen) atoms. The number of anilines is 1. The number of halogens is 1. The summed E-state index contributed by atoms with van der Waals surface area (Å²) in [7, 11) is 1.26. The van der Waals surface area contributed by atoms with Crippen LogP contribution in [0.5, 0.6) is 5.75 Å². The second-order valence-corrected chi connectivity index (χ2v) is 5.18. The van der Waals surface area contributed by atoms with Gasteiger partial charge in [-0.25, -0.2) is 9.18 Å². The van der Waals surface area contributed by atoms with Crippen LogP contribution in [0.4, 0.5) is 10.1 Å². The number of carbonyl (C=O) groups excluding carboxylic acids is 1. The summed E-state index contributed by atoms with van der Waals surface area (Å²) in [5.41, 5.74) is 5.80. The lowest BCUT2D eigenvalue weighted by Gasteiger charge is -2.22. The molecule has 0 heterocycles. The minimum Gasteiger partial charge on any atom is -0.490 e. The summed E-state index contributed by atoms with van der Waals surface area (Å²) < 4.78 is 23.9. The number of hydrogen-bond acceptors (Lipinski definition) is 4. The van der Waals surface area contributed by atoms with E-state index in [0.29, 0.717) is 12.5 Å². The molecule has 1 aliphatic carbocycles. The molecule has 0 spiro atoms. The van der Waals surface area contributed by atoms with Gasteiger partial charge in [-0.05, 0) is 24.8 Å². The number of benzene rings is 1. The molecular weight excluding hydrogens is 261 g/mol. The SMILES string of the molecule is COC(=O)c1cc(OCC2CCCCC2)c(F)cc1N. The van der Waals surface area contributed by atoms with Crippen molar-refractivity contribution >= 4 is 11.7 Å². The van der Waals surface area contributed by atoms with Crippen LogP contribution in [-0.4, -0.2) is 19.7 Å². The Morgan fingerprint density at radius 3 is 2.70 bits per heavy atom. The molecule has 0 saturated heterocycles. The van der Waals surface area contributed by atoms with E-state index in [1.807, 2.05) is 0 Å². The van der Waals surface area contributed by atoms with Crippen molar-refractivity contribution in [3.63, 3.8) is 0 Å². The summed E-state index contributed by atoms with van der Waals surface area (Å²) in [6, 6.07) is 2.42. The quantitative estimate of drug-likeness (QED) is 0.680. The number of nitrogen functional groups attached to an aromatic ring is 1. The third kappa shape index (κ3) is 3.40. The largest absolute Gasteiger partial charge is 0.490 e. The topological polar surface area (TPSA) is 61.5 Å². The van der Waals surface area contributed by atoms with E-state index in [1.54, 1.807) is 0 Å². The summed E-state index contributed by atoms with van der Waals surface area (Å²) in [5.74, 6) is -0.622. The van der Waals surface area contributed by atoms with Crippen molar-refractivity contribution in [1.82, 2.24) is 0 Å². The molecule has 0 aromatic heterocycles. The molecule has 110 valence electrons. The lowest BCUT2D eigenvalue weighted by molar-refractivity contribution is 0.0601. The summed E-state index contributed by atoms with van der Waals surface area (Å²) in [5, 5.41) is 0. The van der Waals surface area contributed by atoms with Gasteiger partial charge in [-0.3, -0.25) is 0 Å². The fourth-order valence-electron chi connectivity index (χ4n) is 2.53. The van der Waals surface area contributed by atoms with Crippen LogP contribution in [0.3, 0.4) is 0 Å². The number of esters is 1. The van der Waals surface area contributed by atoms with Crippen molar-refractivity contribution in [1.29, 1.82) is 0 Å². The van der Waals surface area contributed by atoms with Gasteiger partial charge in [0.25, 0.3) is 0 Å². The Morgan fingerprint density at radius 2 is 2.05 bits per heavy atom. The van der Waals surface area contributed by atoms with Crippen molar-refractivity contribution in [3.05, 3.63) is 23.5 Å². The van der Waals surface area contributed by atoms with E-state index in [9.17, 15) is 9.18 Å². The highest BCUT2D eigenvalue weighted by atomic mass is 19.1. The lowest BCUT2D eigenvalue weighted by atomic mass is 9.90. The van der Waals surface area contributed by atoms with Gasteiger partial charge in [-0.1, -0.05) is 19.3 Å². The van der Waals surface area contributed by atoms with E-state index in [2.05, 4.69) is 4.74 Å². The van der Waals surface area contributed by atoms with Gasteiger partial charge < -0.3 is 15.2 Å². The van der Waals surface area contributed by atoms with E-state index in [1.165, 1.54) is 32.4 Å². The molecule has 5 heteroatoms. The summed E-state index contributed by atoms with van der Waals surface area (Å²) in [4.78, 5) is 11.5. The maximum Gasteiger partial charge on any atom is 0.340 e. The molecule has 1 aromatic rings.